The highest BCUT2D eigenvalue weighted by Gasteiger charge is 2.33. The number of carbonyl (C=O) groups excluding carboxylic acids is 1. The number of hydrogen-bond donors (Lipinski definition) is 1. The molecule has 2 atom stereocenters. The monoisotopic (exact) mass is 267 g/mol. The molecule has 6 nitrogen and oxygen atoms in total. The molecule has 1 fully saturated rings. The first-order valence-electron chi connectivity index (χ1n) is 6.75. The molecule has 0 aliphatic carbocycles. The molecule has 0 bridgehead atoms. The number of aliphatic hydroxyl groups excluding tert-OH is 1. The standard InChI is InChI=1S/C13H21N3O3/c1-2-19-12-10-15(9-11(12)17)13(18)5-3-7-16-8-4-6-14-16/h4,6,8,11-12,17H,2-3,5,7,9-10H2,1H3/t11-,12-/m0/s1. The van der Waals surface area contributed by atoms with Gasteiger partial charge in [0.15, 0.2) is 0 Å². The van der Waals surface area contributed by atoms with Crippen LogP contribution in [0, 0.1) is 0 Å². The quantitative estimate of drug-likeness (QED) is 0.803. The molecule has 1 saturated heterocycles. The van der Waals surface area contributed by atoms with Gasteiger partial charge in [-0.05, 0) is 19.4 Å². The molecule has 6 heteroatoms. The van der Waals surface area contributed by atoms with Crippen LogP contribution in [0.25, 0.3) is 0 Å². The summed E-state index contributed by atoms with van der Waals surface area (Å²) in [5.41, 5.74) is 0. The lowest BCUT2D eigenvalue weighted by Crippen LogP contribution is -2.30. The van der Waals surface area contributed by atoms with Crippen LogP contribution in [0.3, 0.4) is 0 Å². The second kappa shape index (κ2) is 6.68. The molecule has 2 rings (SSSR count). The van der Waals surface area contributed by atoms with E-state index in [0.717, 1.165) is 13.0 Å². The van der Waals surface area contributed by atoms with Crippen molar-refractivity contribution in [2.45, 2.75) is 38.5 Å². The molecule has 1 N–H and O–H groups in total. The van der Waals surface area contributed by atoms with Gasteiger partial charge >= 0.3 is 0 Å². The number of aromatic nitrogens is 2. The van der Waals surface area contributed by atoms with E-state index in [9.17, 15) is 9.90 Å². The van der Waals surface area contributed by atoms with E-state index < -0.39 is 6.10 Å². The van der Waals surface area contributed by atoms with Crippen LogP contribution in [-0.2, 0) is 16.1 Å². The van der Waals surface area contributed by atoms with Crippen molar-refractivity contribution >= 4 is 5.91 Å². The maximum atomic E-state index is 12.0. The highest BCUT2D eigenvalue weighted by Crippen LogP contribution is 2.15. The summed E-state index contributed by atoms with van der Waals surface area (Å²) in [7, 11) is 0. The average Bonchev–Trinajstić information content (AvgIpc) is 3.01. The third-order valence-corrected chi connectivity index (χ3v) is 3.31. The van der Waals surface area contributed by atoms with E-state index in [2.05, 4.69) is 5.10 Å². The molecule has 1 aliphatic heterocycles. The Morgan fingerprint density at radius 2 is 2.37 bits per heavy atom. The normalized spacial score (nSPS) is 22.9. The van der Waals surface area contributed by atoms with Crippen LogP contribution in [0.4, 0.5) is 0 Å². The van der Waals surface area contributed by atoms with Crippen LogP contribution in [0.15, 0.2) is 18.5 Å². The number of likely N-dealkylation sites (tertiary alicyclic amines) is 1. The summed E-state index contributed by atoms with van der Waals surface area (Å²) in [5, 5.41) is 13.9. The predicted molar refractivity (Wildman–Crippen MR) is 69.5 cm³/mol. The first kappa shape index (κ1) is 14.0. The Bertz CT molecular complexity index is 394. The maximum absolute atomic E-state index is 12.0. The molecule has 0 saturated carbocycles. The summed E-state index contributed by atoms with van der Waals surface area (Å²) in [4.78, 5) is 13.7. The highest BCUT2D eigenvalue weighted by molar-refractivity contribution is 5.76. The molecule has 1 amide bonds. The fourth-order valence-electron chi connectivity index (χ4n) is 2.32. The van der Waals surface area contributed by atoms with Crippen molar-refractivity contribution in [2.75, 3.05) is 19.7 Å². The molecule has 2 heterocycles. The predicted octanol–water partition coefficient (Wildman–Crippen LogP) is 0.271. The fraction of sp³-hybridized carbons (Fsp3) is 0.692. The molecule has 1 aromatic heterocycles. The zero-order valence-electron chi connectivity index (χ0n) is 11.2. The van der Waals surface area contributed by atoms with E-state index in [0.29, 0.717) is 26.1 Å². The molecule has 0 spiro atoms. The van der Waals surface area contributed by atoms with E-state index in [1.54, 1.807) is 11.1 Å². The average molecular weight is 267 g/mol. The van der Waals surface area contributed by atoms with E-state index in [1.165, 1.54) is 0 Å². The van der Waals surface area contributed by atoms with Gasteiger partial charge in [-0.1, -0.05) is 0 Å². The largest absolute Gasteiger partial charge is 0.388 e. The van der Waals surface area contributed by atoms with Crippen LogP contribution in [0.2, 0.25) is 0 Å². The first-order chi connectivity index (χ1) is 9.20. The molecule has 19 heavy (non-hydrogen) atoms. The summed E-state index contributed by atoms with van der Waals surface area (Å²) in [6.07, 6.45) is 4.05. The third kappa shape index (κ3) is 3.78. The van der Waals surface area contributed by atoms with E-state index >= 15 is 0 Å². The number of aliphatic hydroxyl groups is 1. The lowest BCUT2D eigenvalue weighted by atomic mass is 10.3. The fourth-order valence-corrected chi connectivity index (χ4v) is 2.32. The summed E-state index contributed by atoms with van der Waals surface area (Å²) < 4.78 is 7.22. The molecule has 0 aromatic carbocycles. The number of amides is 1. The molecule has 1 aromatic rings. The zero-order chi connectivity index (χ0) is 13.7. The van der Waals surface area contributed by atoms with Crippen molar-refractivity contribution in [2.24, 2.45) is 0 Å². The zero-order valence-corrected chi connectivity index (χ0v) is 11.2. The van der Waals surface area contributed by atoms with E-state index in [1.807, 2.05) is 23.9 Å². The highest BCUT2D eigenvalue weighted by atomic mass is 16.5. The van der Waals surface area contributed by atoms with Crippen LogP contribution in [0.1, 0.15) is 19.8 Å². The van der Waals surface area contributed by atoms with Gasteiger partial charge in [-0.2, -0.15) is 5.10 Å². The minimum Gasteiger partial charge on any atom is -0.388 e. The number of aryl methyl sites for hydroxylation is 1. The van der Waals surface area contributed by atoms with Gasteiger partial charge in [0.2, 0.25) is 5.91 Å². The van der Waals surface area contributed by atoms with Crippen LogP contribution in [0.5, 0.6) is 0 Å². The number of nitrogens with zero attached hydrogens (tertiary/aromatic N) is 3. The number of hydrogen-bond acceptors (Lipinski definition) is 4. The van der Waals surface area contributed by atoms with Crippen LogP contribution < -0.4 is 0 Å². The summed E-state index contributed by atoms with van der Waals surface area (Å²) in [5.74, 6) is 0.0772. The van der Waals surface area contributed by atoms with Gasteiger partial charge in [-0.15, -0.1) is 0 Å². The Balaban J connectivity index is 1.72. The Hall–Kier alpha value is -1.40. The van der Waals surface area contributed by atoms with Crippen molar-refractivity contribution in [3.8, 4) is 0 Å². The first-order valence-corrected chi connectivity index (χ1v) is 6.75. The molecular formula is C13H21N3O3. The Morgan fingerprint density at radius 1 is 1.53 bits per heavy atom. The second-order valence-electron chi connectivity index (χ2n) is 4.73. The molecule has 106 valence electrons. The number of carbonyl (C=O) groups is 1. The topological polar surface area (TPSA) is 67.6 Å². The second-order valence-corrected chi connectivity index (χ2v) is 4.73. The number of β-amino-alcohol motifs (C(OH)–C–C–N with tert-alkyl or cyclic N) is 1. The lowest BCUT2D eigenvalue weighted by molar-refractivity contribution is -0.130. The lowest BCUT2D eigenvalue weighted by Gasteiger charge is -2.15. The number of rotatable bonds is 6. The molecular weight excluding hydrogens is 246 g/mol. The minimum absolute atomic E-state index is 0.0772. The van der Waals surface area contributed by atoms with Gasteiger partial charge in [0.25, 0.3) is 0 Å². The summed E-state index contributed by atoms with van der Waals surface area (Å²) in [6.45, 7) is 4.06. The van der Waals surface area contributed by atoms with Crippen molar-refractivity contribution < 1.29 is 14.6 Å². The molecule has 0 unspecified atom stereocenters. The summed E-state index contributed by atoms with van der Waals surface area (Å²) in [6, 6.07) is 1.87. The van der Waals surface area contributed by atoms with Crippen molar-refractivity contribution in [1.82, 2.24) is 14.7 Å². The maximum Gasteiger partial charge on any atom is 0.222 e. The van der Waals surface area contributed by atoms with Crippen LogP contribution in [-0.4, -0.2) is 57.6 Å². The smallest absolute Gasteiger partial charge is 0.222 e. The molecule has 1 aliphatic rings. The number of ether oxygens (including phenoxy) is 1. The van der Waals surface area contributed by atoms with E-state index in [4.69, 9.17) is 4.74 Å². The van der Waals surface area contributed by atoms with Crippen molar-refractivity contribution in [1.29, 1.82) is 0 Å². The van der Waals surface area contributed by atoms with Gasteiger partial charge in [0.1, 0.15) is 6.10 Å². The van der Waals surface area contributed by atoms with Gasteiger partial charge in [-0.25, -0.2) is 0 Å². The van der Waals surface area contributed by atoms with Crippen molar-refractivity contribution in [3.05, 3.63) is 18.5 Å². The van der Waals surface area contributed by atoms with Gasteiger partial charge in [0, 0.05) is 45.1 Å². The van der Waals surface area contributed by atoms with Gasteiger partial charge < -0.3 is 14.7 Å². The van der Waals surface area contributed by atoms with Gasteiger partial charge in [0.05, 0.1) is 6.10 Å². The van der Waals surface area contributed by atoms with Crippen molar-refractivity contribution in [3.63, 3.8) is 0 Å². The summed E-state index contributed by atoms with van der Waals surface area (Å²) >= 11 is 0. The Labute approximate surface area is 113 Å². The Morgan fingerprint density at radius 3 is 3.05 bits per heavy atom. The van der Waals surface area contributed by atoms with E-state index in [-0.39, 0.29) is 12.0 Å². The molecule has 0 radical (unpaired) electrons. The third-order valence-electron chi connectivity index (χ3n) is 3.31. The van der Waals surface area contributed by atoms with Gasteiger partial charge in [-0.3, -0.25) is 9.48 Å². The minimum atomic E-state index is -0.560. The van der Waals surface area contributed by atoms with Crippen LogP contribution >= 0.6 is 0 Å². The SMILES string of the molecule is CCO[C@H]1CN(C(=O)CCCn2cccn2)C[C@@H]1O. The Kier molecular flexibility index (Phi) is 4.93.